The molecule has 0 saturated heterocycles. The Morgan fingerprint density at radius 2 is 1.87 bits per heavy atom. The summed E-state index contributed by atoms with van der Waals surface area (Å²) in [6.45, 7) is 16.4. The Kier molecular flexibility index (Phi) is 7.76. The van der Waals surface area contributed by atoms with Crippen LogP contribution in [0.15, 0.2) is 12.2 Å². The molecule has 0 aromatic rings. The van der Waals surface area contributed by atoms with Crippen LogP contribution in [0.4, 0.5) is 0 Å². The van der Waals surface area contributed by atoms with Gasteiger partial charge in [-0.2, -0.15) is 0 Å². The molecule has 0 amide bonds. The minimum absolute atomic E-state index is 0.654. The first-order valence-electron chi connectivity index (χ1n) is 6.36. The highest BCUT2D eigenvalue weighted by Crippen LogP contribution is 2.19. The zero-order chi connectivity index (χ0) is 11.8. The highest BCUT2D eigenvalue weighted by molar-refractivity contribution is 4.90. The van der Waals surface area contributed by atoms with E-state index < -0.39 is 0 Å². The molecule has 15 heavy (non-hydrogen) atoms. The van der Waals surface area contributed by atoms with Crippen molar-refractivity contribution in [1.82, 2.24) is 5.32 Å². The molecule has 90 valence electrons. The molecular weight excluding hydrogens is 182 g/mol. The van der Waals surface area contributed by atoms with Crippen molar-refractivity contribution in [3.05, 3.63) is 12.2 Å². The molecule has 0 spiro atoms. The lowest BCUT2D eigenvalue weighted by atomic mass is 9.87. The Bertz CT molecular complexity index is 172. The minimum atomic E-state index is 0.654. The van der Waals surface area contributed by atoms with Gasteiger partial charge >= 0.3 is 0 Å². The summed E-state index contributed by atoms with van der Waals surface area (Å²) in [6, 6.07) is 0.654. The van der Waals surface area contributed by atoms with Gasteiger partial charge in [0.25, 0.3) is 0 Å². The maximum atomic E-state index is 3.98. The summed E-state index contributed by atoms with van der Waals surface area (Å²) >= 11 is 0. The highest BCUT2D eigenvalue weighted by Gasteiger charge is 2.18. The second kappa shape index (κ2) is 7.92. The largest absolute Gasteiger partial charge is 0.314 e. The topological polar surface area (TPSA) is 12.0 Å². The SMILES string of the molecule is C=C(C)CCC(NCCC)C(C)C(C)C. The van der Waals surface area contributed by atoms with Crippen LogP contribution in [-0.4, -0.2) is 12.6 Å². The summed E-state index contributed by atoms with van der Waals surface area (Å²) in [4.78, 5) is 0. The van der Waals surface area contributed by atoms with Crippen LogP contribution in [0, 0.1) is 11.8 Å². The van der Waals surface area contributed by atoms with Crippen molar-refractivity contribution < 1.29 is 0 Å². The smallest absolute Gasteiger partial charge is 0.00981 e. The van der Waals surface area contributed by atoms with E-state index in [1.165, 1.54) is 18.4 Å². The van der Waals surface area contributed by atoms with Gasteiger partial charge in [-0.3, -0.25) is 0 Å². The molecule has 0 fully saturated rings. The van der Waals surface area contributed by atoms with Crippen LogP contribution in [0.5, 0.6) is 0 Å². The third-order valence-electron chi connectivity index (χ3n) is 3.22. The van der Waals surface area contributed by atoms with Gasteiger partial charge in [0, 0.05) is 6.04 Å². The van der Waals surface area contributed by atoms with Crippen LogP contribution in [0.25, 0.3) is 0 Å². The predicted molar refractivity (Wildman–Crippen MR) is 70.1 cm³/mol. The molecule has 2 unspecified atom stereocenters. The van der Waals surface area contributed by atoms with E-state index >= 15 is 0 Å². The van der Waals surface area contributed by atoms with Gasteiger partial charge < -0.3 is 5.32 Å². The molecule has 0 aromatic carbocycles. The number of hydrogen-bond donors (Lipinski definition) is 1. The fourth-order valence-corrected chi connectivity index (χ4v) is 1.75. The van der Waals surface area contributed by atoms with Gasteiger partial charge in [0.2, 0.25) is 0 Å². The molecule has 0 aliphatic carbocycles. The second-order valence-electron chi connectivity index (χ2n) is 5.16. The maximum absolute atomic E-state index is 3.98. The van der Waals surface area contributed by atoms with Gasteiger partial charge in [0.15, 0.2) is 0 Å². The third kappa shape index (κ3) is 6.72. The van der Waals surface area contributed by atoms with Gasteiger partial charge in [-0.05, 0) is 44.6 Å². The standard InChI is InChI=1S/C14H29N/c1-7-10-15-14(9-8-11(2)3)13(6)12(4)5/h12-15H,2,7-10H2,1,3-6H3. The van der Waals surface area contributed by atoms with E-state index in [-0.39, 0.29) is 0 Å². The van der Waals surface area contributed by atoms with E-state index in [1.807, 2.05) is 0 Å². The van der Waals surface area contributed by atoms with Crippen LogP contribution >= 0.6 is 0 Å². The Hall–Kier alpha value is -0.300. The Morgan fingerprint density at radius 1 is 1.27 bits per heavy atom. The summed E-state index contributed by atoms with van der Waals surface area (Å²) in [5.74, 6) is 1.50. The zero-order valence-electron chi connectivity index (χ0n) is 11.3. The summed E-state index contributed by atoms with van der Waals surface area (Å²) in [7, 11) is 0. The molecule has 1 N–H and O–H groups in total. The molecule has 0 bridgehead atoms. The summed E-state index contributed by atoms with van der Waals surface area (Å²) in [6.07, 6.45) is 3.60. The van der Waals surface area contributed by atoms with Crippen LogP contribution < -0.4 is 5.32 Å². The highest BCUT2D eigenvalue weighted by atomic mass is 14.9. The lowest BCUT2D eigenvalue weighted by Gasteiger charge is -2.28. The Morgan fingerprint density at radius 3 is 2.27 bits per heavy atom. The van der Waals surface area contributed by atoms with E-state index in [4.69, 9.17) is 0 Å². The fraction of sp³-hybridized carbons (Fsp3) is 0.857. The lowest BCUT2D eigenvalue weighted by molar-refractivity contribution is 0.286. The molecule has 0 aromatic heterocycles. The van der Waals surface area contributed by atoms with Crippen molar-refractivity contribution in [3.63, 3.8) is 0 Å². The minimum Gasteiger partial charge on any atom is -0.314 e. The number of allylic oxidation sites excluding steroid dienone is 1. The first-order chi connectivity index (χ1) is 6.99. The van der Waals surface area contributed by atoms with Gasteiger partial charge in [-0.25, -0.2) is 0 Å². The van der Waals surface area contributed by atoms with E-state index in [0.717, 1.165) is 24.8 Å². The summed E-state index contributed by atoms with van der Waals surface area (Å²) < 4.78 is 0. The first kappa shape index (κ1) is 14.7. The van der Waals surface area contributed by atoms with Crippen molar-refractivity contribution in [3.8, 4) is 0 Å². The molecule has 0 rings (SSSR count). The lowest BCUT2D eigenvalue weighted by Crippen LogP contribution is -2.37. The van der Waals surface area contributed by atoms with Crippen molar-refractivity contribution in [2.75, 3.05) is 6.54 Å². The Labute approximate surface area is 96.3 Å². The maximum Gasteiger partial charge on any atom is 0.00981 e. The molecule has 1 nitrogen and oxygen atoms in total. The van der Waals surface area contributed by atoms with Crippen molar-refractivity contribution in [2.24, 2.45) is 11.8 Å². The molecular formula is C14H29N. The molecule has 0 radical (unpaired) electrons. The molecule has 0 aliphatic rings. The molecule has 0 heterocycles. The number of rotatable bonds is 8. The normalized spacial score (nSPS) is 15.3. The fourth-order valence-electron chi connectivity index (χ4n) is 1.75. The van der Waals surface area contributed by atoms with Gasteiger partial charge in [-0.15, -0.1) is 6.58 Å². The zero-order valence-corrected chi connectivity index (χ0v) is 11.3. The van der Waals surface area contributed by atoms with Crippen molar-refractivity contribution in [2.45, 2.75) is 59.9 Å². The molecule has 0 aliphatic heterocycles. The Balaban J connectivity index is 4.10. The van der Waals surface area contributed by atoms with Gasteiger partial charge in [0.1, 0.15) is 0 Å². The first-order valence-corrected chi connectivity index (χ1v) is 6.36. The average molecular weight is 211 g/mol. The monoisotopic (exact) mass is 211 g/mol. The van der Waals surface area contributed by atoms with Crippen LogP contribution in [-0.2, 0) is 0 Å². The van der Waals surface area contributed by atoms with Gasteiger partial charge in [0.05, 0.1) is 0 Å². The van der Waals surface area contributed by atoms with E-state index in [1.54, 1.807) is 0 Å². The van der Waals surface area contributed by atoms with Crippen molar-refractivity contribution in [1.29, 1.82) is 0 Å². The number of hydrogen-bond acceptors (Lipinski definition) is 1. The predicted octanol–water partition coefficient (Wildman–Crippen LogP) is 4.00. The average Bonchev–Trinajstić information content (AvgIpc) is 2.16. The van der Waals surface area contributed by atoms with Crippen LogP contribution in [0.3, 0.4) is 0 Å². The van der Waals surface area contributed by atoms with Crippen LogP contribution in [0.2, 0.25) is 0 Å². The summed E-state index contributed by atoms with van der Waals surface area (Å²) in [5, 5.41) is 3.66. The summed E-state index contributed by atoms with van der Waals surface area (Å²) in [5.41, 5.74) is 1.30. The van der Waals surface area contributed by atoms with E-state index in [0.29, 0.717) is 6.04 Å². The van der Waals surface area contributed by atoms with Crippen LogP contribution in [0.1, 0.15) is 53.9 Å². The van der Waals surface area contributed by atoms with Crippen molar-refractivity contribution >= 4 is 0 Å². The van der Waals surface area contributed by atoms with Gasteiger partial charge in [-0.1, -0.05) is 33.3 Å². The second-order valence-corrected chi connectivity index (χ2v) is 5.16. The quantitative estimate of drug-likeness (QED) is 0.598. The number of nitrogens with one attached hydrogen (secondary N) is 1. The molecule has 0 saturated carbocycles. The third-order valence-corrected chi connectivity index (χ3v) is 3.22. The molecule has 2 atom stereocenters. The molecule has 1 heteroatoms. The van der Waals surface area contributed by atoms with E-state index in [9.17, 15) is 0 Å². The van der Waals surface area contributed by atoms with E-state index in [2.05, 4.69) is 46.5 Å².